The van der Waals surface area contributed by atoms with Crippen LogP contribution in [-0.2, 0) is 22.4 Å². The summed E-state index contributed by atoms with van der Waals surface area (Å²) in [6.45, 7) is 0.210. The summed E-state index contributed by atoms with van der Waals surface area (Å²) < 4.78 is 0. The minimum absolute atomic E-state index is 0.264. The van der Waals surface area contributed by atoms with E-state index in [9.17, 15) is 14.4 Å². The monoisotopic (exact) mass is 396 g/mol. The van der Waals surface area contributed by atoms with E-state index in [0.29, 0.717) is 13.0 Å². The molecule has 0 saturated carbocycles. The first-order chi connectivity index (χ1) is 13.6. The van der Waals surface area contributed by atoms with Gasteiger partial charge in [0.1, 0.15) is 12.6 Å². The summed E-state index contributed by atoms with van der Waals surface area (Å²) in [5.41, 5.74) is 1.94. The molecule has 8 heteroatoms. The first kappa shape index (κ1) is 18.2. The Morgan fingerprint density at radius 3 is 2.86 bits per heavy atom. The van der Waals surface area contributed by atoms with Crippen LogP contribution >= 0.6 is 11.3 Å². The molecule has 0 spiro atoms. The van der Waals surface area contributed by atoms with Crippen molar-refractivity contribution in [3.63, 3.8) is 0 Å². The van der Waals surface area contributed by atoms with Gasteiger partial charge in [0.15, 0.2) is 0 Å². The summed E-state index contributed by atoms with van der Waals surface area (Å²) in [5.74, 6) is -0.712. The van der Waals surface area contributed by atoms with E-state index in [2.05, 4.69) is 15.6 Å². The average Bonchev–Trinajstić information content (AvgIpc) is 3.40. The maximum absolute atomic E-state index is 12.6. The third kappa shape index (κ3) is 3.77. The molecule has 1 aliphatic heterocycles. The van der Waals surface area contributed by atoms with Gasteiger partial charge >= 0.3 is 6.03 Å². The highest BCUT2D eigenvalue weighted by atomic mass is 32.1. The van der Waals surface area contributed by atoms with E-state index in [1.54, 1.807) is 11.3 Å². The number of fused-ring (bicyclic) bond motifs is 1. The van der Waals surface area contributed by atoms with Gasteiger partial charge in [0.05, 0.1) is 0 Å². The van der Waals surface area contributed by atoms with Gasteiger partial charge in [-0.25, -0.2) is 4.79 Å². The third-order valence-corrected chi connectivity index (χ3v) is 5.72. The Kier molecular flexibility index (Phi) is 5.12. The summed E-state index contributed by atoms with van der Waals surface area (Å²) in [5, 5.41) is 8.46. The van der Waals surface area contributed by atoms with Crippen LogP contribution in [0.5, 0.6) is 0 Å². The van der Waals surface area contributed by atoms with Crippen LogP contribution in [0, 0.1) is 0 Å². The summed E-state index contributed by atoms with van der Waals surface area (Å²) in [7, 11) is 0. The van der Waals surface area contributed by atoms with Crippen LogP contribution in [0.2, 0.25) is 0 Å². The Bertz CT molecular complexity index is 1010. The zero-order valence-electron chi connectivity index (χ0n) is 15.1. The van der Waals surface area contributed by atoms with Crippen molar-refractivity contribution in [2.45, 2.75) is 18.9 Å². The lowest BCUT2D eigenvalue weighted by atomic mass is 10.1. The van der Waals surface area contributed by atoms with Crippen molar-refractivity contribution >= 4 is 40.1 Å². The number of nitrogens with one attached hydrogen (secondary N) is 3. The molecule has 0 radical (unpaired) electrons. The molecule has 1 aliphatic rings. The molecule has 1 aromatic carbocycles. The standard InChI is InChI=1S/C20H20N4O3S/c25-18(21-8-7-14-4-3-9-28-14)12-24-19(26)17(23-20(24)27)10-13-11-22-16-6-2-1-5-15(13)16/h1-6,9,11,17,22H,7-8,10,12H2,(H,21,25)(H,23,27)/t17-/m1/s1. The van der Waals surface area contributed by atoms with Crippen molar-refractivity contribution in [2.75, 3.05) is 13.1 Å². The van der Waals surface area contributed by atoms with Crippen molar-refractivity contribution < 1.29 is 14.4 Å². The van der Waals surface area contributed by atoms with E-state index in [1.165, 1.54) is 4.88 Å². The number of carbonyl (C=O) groups is 3. The zero-order chi connectivity index (χ0) is 19.5. The number of nitrogens with zero attached hydrogens (tertiary/aromatic N) is 1. The van der Waals surface area contributed by atoms with Crippen LogP contribution in [0.3, 0.4) is 0 Å². The molecule has 3 heterocycles. The lowest BCUT2D eigenvalue weighted by Gasteiger charge is -2.13. The Morgan fingerprint density at radius 2 is 2.04 bits per heavy atom. The van der Waals surface area contributed by atoms with Crippen molar-refractivity contribution in [1.29, 1.82) is 0 Å². The number of aromatic amines is 1. The van der Waals surface area contributed by atoms with Crippen molar-refractivity contribution in [3.8, 4) is 0 Å². The van der Waals surface area contributed by atoms with E-state index in [1.807, 2.05) is 48.0 Å². The smallest absolute Gasteiger partial charge is 0.325 e. The molecular weight excluding hydrogens is 376 g/mol. The largest absolute Gasteiger partial charge is 0.361 e. The quantitative estimate of drug-likeness (QED) is 0.534. The van der Waals surface area contributed by atoms with E-state index < -0.39 is 12.1 Å². The molecule has 144 valence electrons. The summed E-state index contributed by atoms with van der Waals surface area (Å²) in [6.07, 6.45) is 2.96. The second-order valence-electron chi connectivity index (χ2n) is 6.67. The molecule has 2 aromatic heterocycles. The molecule has 1 saturated heterocycles. The first-order valence-electron chi connectivity index (χ1n) is 9.08. The van der Waals surface area contributed by atoms with Crippen LogP contribution < -0.4 is 10.6 Å². The van der Waals surface area contributed by atoms with Crippen LogP contribution in [0.15, 0.2) is 48.0 Å². The molecule has 4 amide bonds. The van der Waals surface area contributed by atoms with Crippen LogP contribution in [0.4, 0.5) is 4.79 Å². The molecule has 3 aromatic rings. The normalized spacial score (nSPS) is 16.6. The number of rotatable bonds is 7. The number of para-hydroxylation sites is 1. The van der Waals surface area contributed by atoms with Gasteiger partial charge in [-0.1, -0.05) is 24.3 Å². The number of amides is 4. The van der Waals surface area contributed by atoms with Gasteiger partial charge in [-0.15, -0.1) is 11.3 Å². The number of aromatic nitrogens is 1. The number of H-pyrrole nitrogens is 1. The fourth-order valence-electron chi connectivity index (χ4n) is 3.36. The average molecular weight is 396 g/mol. The van der Waals surface area contributed by atoms with Gasteiger partial charge in [0.2, 0.25) is 5.91 Å². The lowest BCUT2D eigenvalue weighted by Crippen LogP contribution is -2.41. The van der Waals surface area contributed by atoms with Crippen LogP contribution in [-0.4, -0.2) is 46.9 Å². The van der Waals surface area contributed by atoms with Crippen LogP contribution in [0.1, 0.15) is 10.4 Å². The minimum atomic E-state index is -0.661. The van der Waals surface area contributed by atoms with Crippen molar-refractivity contribution in [2.24, 2.45) is 0 Å². The predicted octanol–water partition coefficient (Wildman–Crippen LogP) is 2.05. The highest BCUT2D eigenvalue weighted by molar-refractivity contribution is 7.09. The maximum Gasteiger partial charge on any atom is 0.325 e. The first-order valence-corrected chi connectivity index (χ1v) is 9.96. The zero-order valence-corrected chi connectivity index (χ0v) is 15.9. The van der Waals surface area contributed by atoms with Gasteiger partial charge in [0.25, 0.3) is 5.91 Å². The number of hydrogen-bond donors (Lipinski definition) is 3. The molecule has 7 nitrogen and oxygen atoms in total. The Hall–Kier alpha value is -3.13. The predicted molar refractivity (Wildman–Crippen MR) is 107 cm³/mol. The number of hydrogen-bond acceptors (Lipinski definition) is 4. The fourth-order valence-corrected chi connectivity index (χ4v) is 4.07. The Labute approximate surface area is 165 Å². The van der Waals surface area contributed by atoms with Crippen molar-refractivity contribution in [3.05, 3.63) is 58.4 Å². The molecule has 3 N–H and O–H groups in total. The van der Waals surface area contributed by atoms with E-state index in [-0.39, 0.29) is 18.4 Å². The lowest BCUT2D eigenvalue weighted by molar-refractivity contribution is -0.132. The molecule has 0 aliphatic carbocycles. The number of thiophene rings is 1. The topological polar surface area (TPSA) is 94.3 Å². The van der Waals surface area contributed by atoms with Crippen LogP contribution in [0.25, 0.3) is 10.9 Å². The SMILES string of the molecule is O=C(CN1C(=O)N[C@H](Cc2c[nH]c3ccccc23)C1=O)NCCc1cccs1. The van der Waals surface area contributed by atoms with Gasteiger partial charge in [-0.2, -0.15) is 0 Å². The second-order valence-corrected chi connectivity index (χ2v) is 7.70. The summed E-state index contributed by atoms with van der Waals surface area (Å²) in [6, 6.07) is 10.6. The Morgan fingerprint density at radius 1 is 1.18 bits per heavy atom. The molecule has 0 bridgehead atoms. The number of carbonyl (C=O) groups excluding carboxylic acids is 3. The highest BCUT2D eigenvalue weighted by Gasteiger charge is 2.39. The number of urea groups is 1. The highest BCUT2D eigenvalue weighted by Crippen LogP contribution is 2.21. The fraction of sp³-hybridized carbons (Fsp3) is 0.250. The second kappa shape index (κ2) is 7.85. The van der Waals surface area contributed by atoms with Gasteiger partial charge < -0.3 is 15.6 Å². The summed E-state index contributed by atoms with van der Waals surface area (Å²) in [4.78, 5) is 42.3. The Balaban J connectivity index is 1.33. The molecule has 28 heavy (non-hydrogen) atoms. The molecule has 1 atom stereocenters. The molecule has 1 fully saturated rings. The molecule has 4 rings (SSSR count). The van der Waals surface area contributed by atoms with Crippen molar-refractivity contribution in [1.82, 2.24) is 20.5 Å². The molecule has 0 unspecified atom stereocenters. The van der Waals surface area contributed by atoms with E-state index in [0.717, 1.165) is 27.8 Å². The van der Waals surface area contributed by atoms with Gasteiger partial charge in [-0.05, 0) is 29.5 Å². The minimum Gasteiger partial charge on any atom is -0.361 e. The van der Waals surface area contributed by atoms with E-state index in [4.69, 9.17) is 0 Å². The van der Waals surface area contributed by atoms with Gasteiger partial charge in [-0.3, -0.25) is 14.5 Å². The molecular formula is C20H20N4O3S. The number of benzene rings is 1. The van der Waals surface area contributed by atoms with Gasteiger partial charge in [0, 0.05) is 34.9 Å². The number of imide groups is 1. The summed E-state index contributed by atoms with van der Waals surface area (Å²) >= 11 is 1.63. The van der Waals surface area contributed by atoms with E-state index >= 15 is 0 Å². The maximum atomic E-state index is 12.6. The third-order valence-electron chi connectivity index (χ3n) is 4.78.